The number of carbonyl (C=O) groups is 1. The zero-order valence-electron chi connectivity index (χ0n) is 9.01. The maximum Gasteiger partial charge on any atom is 0.228 e. The first-order chi connectivity index (χ1) is 8.29. The van der Waals surface area contributed by atoms with Crippen LogP contribution in [0, 0.1) is 0 Å². The number of nitrogens with two attached hydrogens (primary N) is 1. The molecular weight excluding hydrogens is 346 g/mol. The van der Waals surface area contributed by atoms with Crippen molar-refractivity contribution in [1.82, 2.24) is 4.98 Å². The van der Waals surface area contributed by atoms with Crippen LogP contribution in [0.15, 0.2) is 16.7 Å². The summed E-state index contributed by atoms with van der Waals surface area (Å²) in [7, 11) is -3.72. The van der Waals surface area contributed by atoms with Crippen molar-refractivity contribution in [3.63, 3.8) is 0 Å². The standard InChI is InChI=1S/C9H9BrClN3O3S/c10-9-6(1-2-7(11)13-9)14-4-5(3-8(14)15)18(12,16)17/h1-2,5H,3-4H2,(H2,12,16,17). The van der Waals surface area contributed by atoms with E-state index in [2.05, 4.69) is 20.9 Å². The number of sulfonamides is 1. The van der Waals surface area contributed by atoms with Crippen LogP contribution < -0.4 is 10.0 Å². The van der Waals surface area contributed by atoms with E-state index in [0.29, 0.717) is 10.3 Å². The number of aromatic nitrogens is 1. The van der Waals surface area contributed by atoms with E-state index in [9.17, 15) is 13.2 Å². The van der Waals surface area contributed by atoms with Gasteiger partial charge in [0.15, 0.2) is 0 Å². The Morgan fingerprint density at radius 1 is 1.50 bits per heavy atom. The first-order valence-electron chi connectivity index (χ1n) is 4.93. The maximum absolute atomic E-state index is 11.8. The summed E-state index contributed by atoms with van der Waals surface area (Å²) in [5.41, 5.74) is 0.482. The minimum absolute atomic E-state index is 0.0274. The molecule has 0 radical (unpaired) electrons. The molecule has 2 heterocycles. The molecule has 1 aromatic rings. The van der Waals surface area contributed by atoms with Crippen LogP contribution in [0.5, 0.6) is 0 Å². The van der Waals surface area contributed by atoms with Crippen molar-refractivity contribution in [2.24, 2.45) is 5.14 Å². The van der Waals surface area contributed by atoms with E-state index >= 15 is 0 Å². The highest BCUT2D eigenvalue weighted by molar-refractivity contribution is 9.10. The minimum atomic E-state index is -3.72. The third-order valence-electron chi connectivity index (χ3n) is 2.64. The lowest BCUT2D eigenvalue weighted by Gasteiger charge is -2.17. The quantitative estimate of drug-likeness (QED) is 0.798. The molecule has 2 rings (SSSR count). The Labute approximate surface area is 117 Å². The molecule has 1 aromatic heterocycles. The number of primary sulfonamides is 1. The summed E-state index contributed by atoms with van der Waals surface area (Å²) in [6.45, 7) is 0.0274. The van der Waals surface area contributed by atoms with Gasteiger partial charge in [-0.2, -0.15) is 0 Å². The largest absolute Gasteiger partial charge is 0.308 e. The average Bonchev–Trinajstić information content (AvgIpc) is 2.60. The van der Waals surface area contributed by atoms with E-state index < -0.39 is 15.3 Å². The van der Waals surface area contributed by atoms with Crippen molar-refractivity contribution in [2.75, 3.05) is 11.4 Å². The second-order valence-electron chi connectivity index (χ2n) is 3.86. The molecule has 0 bridgehead atoms. The fourth-order valence-electron chi connectivity index (χ4n) is 1.73. The minimum Gasteiger partial charge on any atom is -0.308 e. The summed E-state index contributed by atoms with van der Waals surface area (Å²) >= 11 is 8.89. The van der Waals surface area contributed by atoms with Gasteiger partial charge in [0, 0.05) is 13.0 Å². The number of hydrogen-bond donors (Lipinski definition) is 1. The molecule has 98 valence electrons. The van der Waals surface area contributed by atoms with E-state index in [-0.39, 0.29) is 24.0 Å². The van der Waals surface area contributed by atoms with E-state index in [1.54, 1.807) is 6.07 Å². The molecule has 6 nitrogen and oxygen atoms in total. The number of hydrogen-bond acceptors (Lipinski definition) is 4. The van der Waals surface area contributed by atoms with Crippen molar-refractivity contribution in [3.05, 3.63) is 21.9 Å². The van der Waals surface area contributed by atoms with Gasteiger partial charge >= 0.3 is 0 Å². The average molecular weight is 355 g/mol. The zero-order chi connectivity index (χ0) is 13.5. The number of amides is 1. The number of nitrogens with zero attached hydrogens (tertiary/aromatic N) is 2. The lowest BCUT2D eigenvalue weighted by Crippen LogP contribution is -2.32. The lowest BCUT2D eigenvalue weighted by atomic mass is 10.4. The van der Waals surface area contributed by atoms with Crippen molar-refractivity contribution < 1.29 is 13.2 Å². The molecule has 1 saturated heterocycles. The smallest absolute Gasteiger partial charge is 0.228 e. The summed E-state index contributed by atoms with van der Waals surface area (Å²) in [5, 5.41) is 4.45. The van der Waals surface area contributed by atoms with Crippen molar-refractivity contribution in [1.29, 1.82) is 0 Å². The molecule has 1 aliphatic heterocycles. The third-order valence-corrected chi connectivity index (χ3v) is 4.68. The number of halogens is 2. The molecule has 1 fully saturated rings. The predicted octanol–water partition coefficient (Wildman–Crippen LogP) is 0.891. The first-order valence-corrected chi connectivity index (χ1v) is 7.71. The summed E-state index contributed by atoms with van der Waals surface area (Å²) in [4.78, 5) is 17.1. The van der Waals surface area contributed by atoms with Gasteiger partial charge in [-0.05, 0) is 28.1 Å². The number of rotatable bonds is 2. The van der Waals surface area contributed by atoms with Crippen LogP contribution in [0.25, 0.3) is 0 Å². The van der Waals surface area contributed by atoms with E-state index in [4.69, 9.17) is 16.7 Å². The van der Waals surface area contributed by atoms with Gasteiger partial charge in [0.05, 0.1) is 5.69 Å². The normalized spacial score (nSPS) is 20.5. The number of pyridine rings is 1. The van der Waals surface area contributed by atoms with E-state index in [1.165, 1.54) is 11.0 Å². The Kier molecular flexibility index (Phi) is 3.63. The Balaban J connectivity index is 2.33. The van der Waals surface area contributed by atoms with Gasteiger partial charge in [0.25, 0.3) is 0 Å². The SMILES string of the molecule is NS(=O)(=O)C1CC(=O)N(c2ccc(Cl)nc2Br)C1. The van der Waals surface area contributed by atoms with Crippen LogP contribution in [0.4, 0.5) is 5.69 Å². The lowest BCUT2D eigenvalue weighted by molar-refractivity contribution is -0.117. The molecule has 2 N–H and O–H groups in total. The second-order valence-corrected chi connectivity index (χ2v) is 6.85. The van der Waals surface area contributed by atoms with Crippen LogP contribution in [0.1, 0.15) is 6.42 Å². The molecular formula is C9H9BrClN3O3S. The van der Waals surface area contributed by atoms with Gasteiger partial charge in [0.1, 0.15) is 15.0 Å². The third kappa shape index (κ3) is 2.66. The van der Waals surface area contributed by atoms with Crippen LogP contribution in [-0.4, -0.2) is 31.1 Å². The van der Waals surface area contributed by atoms with Gasteiger partial charge in [-0.3, -0.25) is 4.79 Å². The van der Waals surface area contributed by atoms with Gasteiger partial charge in [-0.25, -0.2) is 18.5 Å². The molecule has 18 heavy (non-hydrogen) atoms. The molecule has 1 aliphatic rings. The molecule has 9 heteroatoms. The summed E-state index contributed by atoms with van der Waals surface area (Å²) < 4.78 is 22.9. The van der Waals surface area contributed by atoms with Gasteiger partial charge in [-0.1, -0.05) is 11.6 Å². The number of anilines is 1. The maximum atomic E-state index is 11.8. The Bertz CT molecular complexity index is 607. The monoisotopic (exact) mass is 353 g/mol. The topological polar surface area (TPSA) is 93.4 Å². The van der Waals surface area contributed by atoms with Crippen LogP contribution >= 0.6 is 27.5 Å². The summed E-state index contributed by atoms with van der Waals surface area (Å²) in [6, 6.07) is 3.13. The Morgan fingerprint density at radius 3 is 2.67 bits per heavy atom. The second kappa shape index (κ2) is 4.76. The zero-order valence-corrected chi connectivity index (χ0v) is 12.2. The predicted molar refractivity (Wildman–Crippen MR) is 70.8 cm³/mol. The highest BCUT2D eigenvalue weighted by Gasteiger charge is 2.37. The van der Waals surface area contributed by atoms with Crippen molar-refractivity contribution in [3.8, 4) is 0 Å². The Morgan fingerprint density at radius 2 is 2.17 bits per heavy atom. The van der Waals surface area contributed by atoms with Crippen LogP contribution in [0.2, 0.25) is 5.15 Å². The van der Waals surface area contributed by atoms with Gasteiger partial charge < -0.3 is 4.90 Å². The highest BCUT2D eigenvalue weighted by atomic mass is 79.9. The fraction of sp³-hybridized carbons (Fsp3) is 0.333. The summed E-state index contributed by atoms with van der Waals surface area (Å²) in [5.74, 6) is -0.307. The molecule has 1 amide bonds. The van der Waals surface area contributed by atoms with Crippen molar-refractivity contribution >= 4 is 49.1 Å². The molecule has 0 saturated carbocycles. The van der Waals surface area contributed by atoms with Gasteiger partial charge in [0.2, 0.25) is 15.9 Å². The van der Waals surface area contributed by atoms with Crippen LogP contribution in [0.3, 0.4) is 0 Å². The summed E-state index contributed by atoms with van der Waals surface area (Å²) in [6.07, 6.45) is -0.117. The molecule has 0 spiro atoms. The van der Waals surface area contributed by atoms with Gasteiger partial charge in [-0.15, -0.1) is 0 Å². The molecule has 0 aliphatic carbocycles. The van der Waals surface area contributed by atoms with Crippen LogP contribution in [-0.2, 0) is 14.8 Å². The Hall–Kier alpha value is -0.700. The first kappa shape index (κ1) is 13.7. The van der Waals surface area contributed by atoms with E-state index in [0.717, 1.165) is 0 Å². The molecule has 1 unspecified atom stereocenters. The molecule has 1 atom stereocenters. The van der Waals surface area contributed by atoms with E-state index in [1.807, 2.05) is 0 Å². The molecule has 0 aromatic carbocycles. The highest BCUT2D eigenvalue weighted by Crippen LogP contribution is 2.30. The number of carbonyl (C=O) groups excluding carboxylic acids is 1. The fourth-order valence-corrected chi connectivity index (χ4v) is 3.25. The van der Waals surface area contributed by atoms with Crippen molar-refractivity contribution in [2.45, 2.75) is 11.7 Å².